The van der Waals surface area contributed by atoms with Crippen molar-refractivity contribution in [3.05, 3.63) is 29.9 Å². The van der Waals surface area contributed by atoms with Crippen molar-refractivity contribution in [2.24, 2.45) is 0 Å². The van der Waals surface area contributed by atoms with Crippen molar-refractivity contribution in [2.75, 3.05) is 0 Å². The van der Waals surface area contributed by atoms with E-state index in [-0.39, 0.29) is 16.6 Å². The van der Waals surface area contributed by atoms with Crippen molar-refractivity contribution in [1.29, 1.82) is 0 Å². The molecule has 4 unspecified atom stereocenters. The fraction of sp³-hybridized carbons (Fsp3) is 0.600. The molecule has 4 atom stereocenters. The molecule has 19 heavy (non-hydrogen) atoms. The maximum Gasteiger partial charge on any atom is 0.0869 e. The third-order valence-corrected chi connectivity index (χ3v) is 5.69. The van der Waals surface area contributed by atoms with E-state index in [4.69, 9.17) is 4.74 Å². The van der Waals surface area contributed by atoms with E-state index in [1.54, 1.807) is 0 Å². The highest BCUT2D eigenvalue weighted by atomic mass is 32.2. The zero-order chi connectivity index (χ0) is 13.4. The van der Waals surface area contributed by atoms with E-state index in [1.807, 2.05) is 11.6 Å². The molecule has 0 spiro atoms. The SMILES string of the molecule is C=CS(=C)C1CC(C)OC(c2cnn(C3CC3)c2)C1. The van der Waals surface area contributed by atoms with Crippen LogP contribution in [0.1, 0.15) is 50.3 Å². The Morgan fingerprint density at radius 3 is 2.95 bits per heavy atom. The lowest BCUT2D eigenvalue weighted by atomic mass is 10.0. The summed E-state index contributed by atoms with van der Waals surface area (Å²) in [5.74, 6) is 4.22. The second kappa shape index (κ2) is 5.25. The molecular weight excluding hydrogens is 256 g/mol. The third kappa shape index (κ3) is 2.84. The first kappa shape index (κ1) is 13.1. The molecule has 1 aliphatic carbocycles. The van der Waals surface area contributed by atoms with Gasteiger partial charge < -0.3 is 4.74 Å². The maximum absolute atomic E-state index is 6.10. The standard InChI is InChI=1S/C15H22N2OS/c1-4-19(3)14-7-11(2)18-15(8-14)12-9-16-17(10-12)13-5-6-13/h4,9-11,13-15H,1,3,5-8H2,2H3. The van der Waals surface area contributed by atoms with Crippen molar-refractivity contribution in [2.45, 2.75) is 56.1 Å². The van der Waals surface area contributed by atoms with Gasteiger partial charge in [0.15, 0.2) is 0 Å². The molecule has 2 fully saturated rings. The van der Waals surface area contributed by atoms with Gasteiger partial charge in [0.1, 0.15) is 0 Å². The van der Waals surface area contributed by atoms with Crippen LogP contribution in [0.15, 0.2) is 24.4 Å². The lowest BCUT2D eigenvalue weighted by Crippen LogP contribution is -2.28. The highest BCUT2D eigenvalue weighted by molar-refractivity contribution is 8.17. The van der Waals surface area contributed by atoms with Gasteiger partial charge in [0.2, 0.25) is 0 Å². The van der Waals surface area contributed by atoms with Crippen LogP contribution in [-0.4, -0.2) is 27.0 Å². The van der Waals surface area contributed by atoms with Crippen molar-refractivity contribution in [1.82, 2.24) is 9.78 Å². The molecule has 1 aliphatic heterocycles. The van der Waals surface area contributed by atoms with E-state index in [1.165, 1.54) is 18.4 Å². The molecule has 0 bridgehead atoms. The molecule has 4 heteroatoms. The van der Waals surface area contributed by atoms with Crippen LogP contribution in [0, 0.1) is 0 Å². The average molecular weight is 278 g/mol. The summed E-state index contributed by atoms with van der Waals surface area (Å²) >= 11 is 0. The monoisotopic (exact) mass is 278 g/mol. The van der Waals surface area contributed by atoms with Gasteiger partial charge in [-0.05, 0) is 38.0 Å². The Kier molecular flexibility index (Phi) is 3.63. The fourth-order valence-electron chi connectivity index (χ4n) is 2.75. The predicted molar refractivity (Wildman–Crippen MR) is 81.7 cm³/mol. The van der Waals surface area contributed by atoms with Gasteiger partial charge in [-0.3, -0.25) is 4.68 Å². The van der Waals surface area contributed by atoms with Crippen LogP contribution in [0.5, 0.6) is 0 Å². The summed E-state index contributed by atoms with van der Waals surface area (Å²) in [6.45, 7) is 6.04. The Morgan fingerprint density at radius 2 is 2.26 bits per heavy atom. The van der Waals surface area contributed by atoms with Gasteiger partial charge in [0.05, 0.1) is 24.4 Å². The summed E-state index contributed by atoms with van der Waals surface area (Å²) in [6.07, 6.45) is 9.29. The molecule has 1 saturated heterocycles. The van der Waals surface area contributed by atoms with Crippen LogP contribution in [0.2, 0.25) is 0 Å². The molecule has 1 aromatic rings. The number of aromatic nitrogens is 2. The molecule has 2 heterocycles. The van der Waals surface area contributed by atoms with Gasteiger partial charge in [0, 0.05) is 17.0 Å². The van der Waals surface area contributed by atoms with Crippen LogP contribution in [0.3, 0.4) is 0 Å². The second-order valence-electron chi connectivity index (χ2n) is 5.65. The van der Waals surface area contributed by atoms with E-state index in [9.17, 15) is 0 Å². The molecule has 1 saturated carbocycles. The predicted octanol–water partition coefficient (Wildman–Crippen LogP) is 3.67. The number of nitrogens with zero attached hydrogens (tertiary/aromatic N) is 2. The first-order chi connectivity index (χ1) is 9.17. The Bertz CT molecular complexity index is 492. The van der Waals surface area contributed by atoms with Gasteiger partial charge in [-0.2, -0.15) is 15.6 Å². The van der Waals surface area contributed by atoms with Gasteiger partial charge in [0.25, 0.3) is 0 Å². The molecule has 0 radical (unpaired) electrons. The second-order valence-corrected chi connectivity index (χ2v) is 7.59. The van der Waals surface area contributed by atoms with E-state index in [0.717, 1.165) is 12.8 Å². The summed E-state index contributed by atoms with van der Waals surface area (Å²) in [6, 6.07) is 0.640. The average Bonchev–Trinajstić information content (AvgIpc) is 3.14. The van der Waals surface area contributed by atoms with Crippen molar-refractivity contribution < 1.29 is 4.74 Å². The summed E-state index contributed by atoms with van der Waals surface area (Å²) in [5.41, 5.74) is 1.23. The molecule has 0 aromatic carbocycles. The topological polar surface area (TPSA) is 27.1 Å². The first-order valence-electron chi connectivity index (χ1n) is 7.01. The summed E-state index contributed by atoms with van der Waals surface area (Å²) in [4.78, 5) is 0. The number of hydrogen-bond acceptors (Lipinski definition) is 2. The maximum atomic E-state index is 6.10. The number of rotatable bonds is 4. The minimum Gasteiger partial charge on any atom is -0.370 e. The Balaban J connectivity index is 1.74. The summed E-state index contributed by atoms with van der Waals surface area (Å²) < 4.78 is 8.20. The van der Waals surface area contributed by atoms with E-state index in [0.29, 0.717) is 17.4 Å². The zero-order valence-electron chi connectivity index (χ0n) is 11.5. The van der Waals surface area contributed by atoms with Gasteiger partial charge in [-0.25, -0.2) is 0 Å². The van der Waals surface area contributed by atoms with Crippen LogP contribution in [-0.2, 0) is 4.74 Å². The first-order valence-corrected chi connectivity index (χ1v) is 8.53. The Hall–Kier alpha value is -0.870. The lowest BCUT2D eigenvalue weighted by Gasteiger charge is -2.34. The largest absolute Gasteiger partial charge is 0.370 e. The molecule has 3 rings (SSSR count). The van der Waals surface area contributed by atoms with Gasteiger partial charge in [-0.15, -0.1) is 0 Å². The highest BCUT2D eigenvalue weighted by Gasteiger charge is 2.31. The minimum absolute atomic E-state index is 0.0384. The zero-order valence-corrected chi connectivity index (χ0v) is 12.3. The fourth-order valence-corrected chi connectivity index (χ4v) is 3.96. The van der Waals surface area contributed by atoms with E-state index < -0.39 is 0 Å². The van der Waals surface area contributed by atoms with Crippen LogP contribution in [0.25, 0.3) is 0 Å². The van der Waals surface area contributed by atoms with Crippen LogP contribution >= 0.6 is 10.5 Å². The van der Waals surface area contributed by atoms with Gasteiger partial charge >= 0.3 is 0 Å². The minimum atomic E-state index is 0.0384. The van der Waals surface area contributed by atoms with Crippen LogP contribution < -0.4 is 0 Å². The molecule has 0 amide bonds. The lowest BCUT2D eigenvalue weighted by molar-refractivity contribution is -0.0387. The van der Waals surface area contributed by atoms with Crippen molar-refractivity contribution >= 4 is 16.4 Å². The van der Waals surface area contributed by atoms with Gasteiger partial charge in [-0.1, -0.05) is 12.4 Å². The molecule has 0 N–H and O–H groups in total. The van der Waals surface area contributed by atoms with E-state index in [2.05, 4.69) is 35.4 Å². The Labute approximate surface area is 117 Å². The smallest absolute Gasteiger partial charge is 0.0869 e. The molecule has 2 aliphatic rings. The quantitative estimate of drug-likeness (QED) is 0.786. The van der Waals surface area contributed by atoms with E-state index >= 15 is 0 Å². The van der Waals surface area contributed by atoms with Crippen molar-refractivity contribution in [3.63, 3.8) is 0 Å². The number of ether oxygens (including phenoxy) is 1. The molecule has 3 nitrogen and oxygen atoms in total. The molecule has 1 aromatic heterocycles. The normalized spacial score (nSPS) is 33.0. The van der Waals surface area contributed by atoms with Crippen LogP contribution in [0.4, 0.5) is 0 Å². The van der Waals surface area contributed by atoms with Crippen molar-refractivity contribution in [3.8, 4) is 0 Å². The molecule has 104 valence electrons. The highest BCUT2D eigenvalue weighted by Crippen LogP contribution is 2.40. The summed E-state index contributed by atoms with van der Waals surface area (Å²) in [5, 5.41) is 7.06. The number of hydrogen-bond donors (Lipinski definition) is 0. The molecular formula is C15H22N2OS. The Morgan fingerprint density at radius 1 is 1.47 bits per heavy atom. The summed E-state index contributed by atoms with van der Waals surface area (Å²) in [7, 11) is 0.0384. The third-order valence-electron chi connectivity index (χ3n) is 4.02.